The predicted molar refractivity (Wildman–Crippen MR) is 390 cm³/mol. The minimum Gasteiger partial charge on any atom is -0.310 e. The molecule has 0 saturated carbocycles. The van der Waals surface area contributed by atoms with Crippen molar-refractivity contribution in [2.24, 2.45) is 0 Å². The van der Waals surface area contributed by atoms with Crippen LogP contribution >= 0.6 is 0 Å². The Morgan fingerprint density at radius 2 is 0.663 bits per heavy atom. The zero-order valence-corrected chi connectivity index (χ0v) is 53.3. The van der Waals surface area contributed by atoms with E-state index < -0.39 is 0 Å². The number of anilines is 6. The summed E-state index contributed by atoms with van der Waals surface area (Å²) in [5.41, 5.74) is 26.3. The summed E-state index contributed by atoms with van der Waals surface area (Å²) in [6.45, 7) is 21.3. The van der Waals surface area contributed by atoms with Crippen molar-refractivity contribution < 1.29 is 0 Å². The zero-order chi connectivity index (χ0) is 62.0. The number of aryl methyl sites for hydroxylation is 4. The van der Waals surface area contributed by atoms with Gasteiger partial charge in [0, 0.05) is 33.5 Å². The minimum atomic E-state index is 0.908. The lowest BCUT2D eigenvalue weighted by Crippen LogP contribution is -2.13. The first-order chi connectivity index (χ1) is 43.6. The smallest absolute Gasteiger partial charge is 0.0546 e. The Kier molecular flexibility index (Phi) is 18.7. The van der Waals surface area contributed by atoms with Crippen LogP contribution < -0.4 is 9.80 Å². The van der Waals surface area contributed by atoms with E-state index in [2.05, 4.69) is 343 Å². The largest absolute Gasteiger partial charge is 0.310 e. The first-order valence-corrected chi connectivity index (χ1v) is 31.8. The molecular formula is C87H80N2. The molecule has 2 nitrogen and oxygen atoms in total. The van der Waals surface area contributed by atoms with Crippen molar-refractivity contribution in [2.75, 3.05) is 9.80 Å². The fraction of sp³-hybridized carbons (Fsp3) is 0.126. The highest BCUT2D eigenvalue weighted by Crippen LogP contribution is 2.49. The molecule has 0 spiro atoms. The van der Waals surface area contributed by atoms with E-state index in [1.54, 1.807) is 0 Å². The summed E-state index contributed by atoms with van der Waals surface area (Å²) in [4.78, 5) is 4.97. The summed E-state index contributed by atoms with van der Waals surface area (Å²) in [7, 11) is 0. The molecule has 0 aliphatic rings. The third kappa shape index (κ3) is 12.8. The van der Waals surface area contributed by atoms with Crippen molar-refractivity contribution >= 4 is 77.6 Å². The van der Waals surface area contributed by atoms with Gasteiger partial charge < -0.3 is 9.80 Å². The van der Waals surface area contributed by atoms with Crippen LogP contribution in [-0.2, 0) is 0 Å². The van der Waals surface area contributed by atoms with E-state index in [9.17, 15) is 0 Å². The SMILES string of the molecule is CC.CC.CC/C(=C\C=C(/C)c1cccc(-c2ccccc2)c1)c1ccc(N(c2ccc(C)cc2C)c2cc3c4ccccc4c(N(c4ccc(-c5ccc(-c6cccc(-c7ccccc7)c6)cc5)cc4)c4ccc(C)cc4C)cc3c3ccccc23)cc1. The third-order valence-electron chi connectivity index (χ3n) is 17.0. The highest BCUT2D eigenvalue weighted by atomic mass is 15.2. The number of allylic oxidation sites excluding steroid dienone is 4. The van der Waals surface area contributed by atoms with E-state index in [0.29, 0.717) is 0 Å². The van der Waals surface area contributed by atoms with Gasteiger partial charge in [-0.05, 0) is 201 Å². The average Bonchev–Trinajstić information content (AvgIpc) is 1.57. The molecule has 0 bridgehead atoms. The first-order valence-electron chi connectivity index (χ1n) is 31.8. The van der Waals surface area contributed by atoms with Crippen LogP contribution in [-0.4, -0.2) is 0 Å². The van der Waals surface area contributed by atoms with Crippen LogP contribution in [0.5, 0.6) is 0 Å². The van der Waals surface area contributed by atoms with E-state index >= 15 is 0 Å². The maximum absolute atomic E-state index is 2.49. The van der Waals surface area contributed by atoms with Crippen molar-refractivity contribution in [3.63, 3.8) is 0 Å². The molecule has 13 rings (SSSR count). The van der Waals surface area contributed by atoms with Crippen molar-refractivity contribution in [3.8, 4) is 44.5 Å². The van der Waals surface area contributed by atoms with Crippen LogP contribution in [0.1, 0.15) is 81.3 Å². The molecule has 13 aromatic rings. The molecule has 89 heavy (non-hydrogen) atoms. The molecule has 0 amide bonds. The standard InChI is InChI=1S/C83H68N2.2C2H6/c1-7-61(35-34-58(4)68-24-18-25-69(52-68)62-20-10-8-11-21-62)64-40-44-72(45-41-64)84(80-48-32-56(2)50-59(80)5)82-54-78-75-29-15-17-31-77(75)83(55-79(78)74-28-14-16-30-76(74)82)85(81-49-33-57(3)51-60(81)6)73-46-42-66(43-47-73)65-36-38-67(39-37-65)71-27-19-26-70(53-71)63-22-12-9-13-23-63;2*1-2/h8-55H,7H2,1-6H3;2*1-2H3/b58-34+,61-35+;;. The van der Waals surface area contributed by atoms with Gasteiger partial charge >= 0.3 is 0 Å². The van der Waals surface area contributed by atoms with Crippen LogP contribution in [0.15, 0.2) is 291 Å². The van der Waals surface area contributed by atoms with Gasteiger partial charge in [-0.3, -0.25) is 0 Å². The summed E-state index contributed by atoms with van der Waals surface area (Å²) >= 11 is 0. The molecule has 438 valence electrons. The number of nitrogens with zero attached hydrogens (tertiary/aromatic N) is 2. The molecule has 0 unspecified atom stereocenters. The average molecular weight is 1150 g/mol. The van der Waals surface area contributed by atoms with Gasteiger partial charge in [-0.1, -0.05) is 276 Å². The monoisotopic (exact) mass is 1150 g/mol. The molecule has 0 aliphatic heterocycles. The van der Waals surface area contributed by atoms with Crippen molar-refractivity contribution in [2.45, 2.75) is 75.7 Å². The van der Waals surface area contributed by atoms with Crippen LogP contribution in [0.4, 0.5) is 34.1 Å². The van der Waals surface area contributed by atoms with E-state index in [-0.39, 0.29) is 0 Å². The van der Waals surface area contributed by atoms with Gasteiger partial charge in [0.2, 0.25) is 0 Å². The normalized spacial score (nSPS) is 11.4. The van der Waals surface area contributed by atoms with Gasteiger partial charge in [-0.2, -0.15) is 0 Å². The summed E-state index contributed by atoms with van der Waals surface area (Å²) in [6.07, 6.45) is 5.49. The van der Waals surface area contributed by atoms with E-state index in [1.807, 2.05) is 27.7 Å². The molecule has 0 aliphatic carbocycles. The molecule has 2 heteroatoms. The van der Waals surface area contributed by atoms with E-state index in [1.165, 1.54) is 121 Å². The van der Waals surface area contributed by atoms with Crippen LogP contribution in [0.25, 0.3) is 88.0 Å². The minimum absolute atomic E-state index is 0.908. The van der Waals surface area contributed by atoms with Crippen LogP contribution in [0, 0.1) is 27.7 Å². The van der Waals surface area contributed by atoms with Crippen molar-refractivity contribution in [1.29, 1.82) is 0 Å². The Balaban J connectivity index is 0.00000200. The van der Waals surface area contributed by atoms with E-state index in [0.717, 1.165) is 40.5 Å². The van der Waals surface area contributed by atoms with Gasteiger partial charge in [0.25, 0.3) is 0 Å². The molecule has 0 N–H and O–H groups in total. The van der Waals surface area contributed by atoms with Gasteiger partial charge in [0.1, 0.15) is 0 Å². The Bertz CT molecular complexity index is 4640. The lowest BCUT2D eigenvalue weighted by Gasteiger charge is -2.31. The Hall–Kier alpha value is -10.3. The Morgan fingerprint density at radius 1 is 0.292 bits per heavy atom. The van der Waals surface area contributed by atoms with Gasteiger partial charge in [-0.25, -0.2) is 0 Å². The fourth-order valence-electron chi connectivity index (χ4n) is 12.5. The molecule has 0 aromatic heterocycles. The Labute approximate surface area is 529 Å². The quantitative estimate of drug-likeness (QED) is 0.0791. The number of benzene rings is 13. The molecular weight excluding hydrogens is 1070 g/mol. The van der Waals surface area contributed by atoms with Crippen LogP contribution in [0.3, 0.4) is 0 Å². The second-order valence-corrected chi connectivity index (χ2v) is 22.7. The molecule has 0 saturated heterocycles. The third-order valence-corrected chi connectivity index (χ3v) is 17.0. The summed E-state index contributed by atoms with van der Waals surface area (Å²) < 4.78 is 0. The predicted octanol–water partition coefficient (Wildman–Crippen LogP) is 25.9. The maximum atomic E-state index is 2.49. The Morgan fingerprint density at radius 3 is 1.11 bits per heavy atom. The number of rotatable bonds is 14. The number of hydrogen-bond acceptors (Lipinski definition) is 2. The first kappa shape index (κ1) is 60.4. The molecule has 0 heterocycles. The lowest BCUT2D eigenvalue weighted by molar-refractivity contribution is 1.23. The summed E-state index contributed by atoms with van der Waals surface area (Å²) in [5.74, 6) is 0. The summed E-state index contributed by atoms with van der Waals surface area (Å²) in [5, 5.41) is 7.18. The molecule has 0 atom stereocenters. The van der Waals surface area contributed by atoms with Gasteiger partial charge in [-0.15, -0.1) is 0 Å². The highest BCUT2D eigenvalue weighted by molar-refractivity contribution is 6.24. The second-order valence-electron chi connectivity index (χ2n) is 22.7. The number of fused-ring (bicyclic) bond motifs is 5. The number of hydrogen-bond donors (Lipinski definition) is 0. The van der Waals surface area contributed by atoms with Crippen molar-refractivity contribution in [3.05, 3.63) is 325 Å². The van der Waals surface area contributed by atoms with E-state index in [4.69, 9.17) is 0 Å². The highest BCUT2D eigenvalue weighted by Gasteiger charge is 2.24. The van der Waals surface area contributed by atoms with Gasteiger partial charge in [0.05, 0.1) is 11.4 Å². The lowest BCUT2D eigenvalue weighted by atomic mass is 9.92. The molecule has 0 fully saturated rings. The summed E-state index contributed by atoms with van der Waals surface area (Å²) in [6, 6.07) is 103. The second kappa shape index (κ2) is 27.6. The van der Waals surface area contributed by atoms with Gasteiger partial charge in [0.15, 0.2) is 0 Å². The molecule has 0 radical (unpaired) electrons. The van der Waals surface area contributed by atoms with Crippen molar-refractivity contribution in [1.82, 2.24) is 0 Å². The topological polar surface area (TPSA) is 6.48 Å². The maximum Gasteiger partial charge on any atom is 0.0546 e. The molecule has 13 aromatic carbocycles. The fourth-order valence-corrected chi connectivity index (χ4v) is 12.5. The van der Waals surface area contributed by atoms with Crippen LogP contribution in [0.2, 0.25) is 0 Å². The zero-order valence-electron chi connectivity index (χ0n) is 53.3.